The van der Waals surface area contributed by atoms with Gasteiger partial charge in [-0.15, -0.1) is 10.2 Å². The number of sulfone groups is 1. The van der Waals surface area contributed by atoms with Crippen LogP contribution in [0.15, 0.2) is 96.5 Å². The summed E-state index contributed by atoms with van der Waals surface area (Å²) in [5.41, 5.74) is 4.05. The molecule has 0 aliphatic heterocycles. The van der Waals surface area contributed by atoms with Crippen LogP contribution in [-0.4, -0.2) is 87.6 Å². The Morgan fingerprint density at radius 3 is 1.70 bits per heavy atom. The Morgan fingerprint density at radius 2 is 1.17 bits per heavy atom. The molecule has 0 aliphatic carbocycles. The van der Waals surface area contributed by atoms with Gasteiger partial charge in [-0.3, -0.25) is 4.18 Å². The summed E-state index contributed by atoms with van der Waals surface area (Å²) in [4.78, 5) is 8.84. The van der Waals surface area contributed by atoms with Crippen LogP contribution in [-0.2, 0) is 54.8 Å². The van der Waals surface area contributed by atoms with Crippen LogP contribution < -0.4 is 135 Å². The van der Waals surface area contributed by atoms with E-state index in [1.807, 2.05) is 0 Å². The number of rotatable bonds is 14. The number of halogens is 1. The molecule has 4 N–H and O–H groups in total. The first-order chi connectivity index (χ1) is 25.8. The maximum Gasteiger partial charge on any atom is 1.00 e. The average Bonchev–Trinajstić information content (AvgIpc) is 3.05. The smallest absolute Gasteiger partial charge is 0.744 e. The van der Waals surface area contributed by atoms with Gasteiger partial charge in [0.15, 0.2) is 9.84 Å². The fraction of sp³-hybridized carbons (Fsp3) is 0.0741. The molecule has 1 heterocycles. The van der Waals surface area contributed by atoms with Gasteiger partial charge in [0, 0.05) is 16.8 Å². The molecule has 0 saturated heterocycles. The fourth-order valence-electron chi connectivity index (χ4n) is 4.64. The van der Waals surface area contributed by atoms with Crippen LogP contribution in [0.4, 0.5) is 40.3 Å². The van der Waals surface area contributed by atoms with Crippen molar-refractivity contribution in [2.24, 2.45) is 10.2 Å². The molecule has 1 aromatic heterocycles. The second-order valence-electron chi connectivity index (χ2n) is 10.8. The van der Waals surface area contributed by atoms with Crippen molar-refractivity contribution >= 4 is 113 Å². The van der Waals surface area contributed by atoms with Crippen molar-refractivity contribution in [1.29, 1.82) is 0 Å². The van der Waals surface area contributed by atoms with E-state index in [2.05, 4.69) is 40.0 Å². The number of fused-ring (bicyclic) bond motifs is 1. The molecule has 0 radical (unpaired) electrons. The van der Waals surface area contributed by atoms with E-state index in [1.165, 1.54) is 12.1 Å². The minimum absolute atomic E-state index is 0. The summed E-state index contributed by atoms with van der Waals surface area (Å²) < 4.78 is 167. The second kappa shape index (κ2) is 22.3. The zero-order valence-electron chi connectivity index (χ0n) is 31.1. The summed E-state index contributed by atoms with van der Waals surface area (Å²) >= 11 is 6.04. The van der Waals surface area contributed by atoms with E-state index >= 15 is 0 Å². The molecule has 33 heteroatoms. The van der Waals surface area contributed by atoms with Crippen LogP contribution in [0.5, 0.6) is 0 Å². The number of aromatic nitrogens is 3. The molecular formula is C27H19ClN8Na4O15S5. The summed E-state index contributed by atoms with van der Waals surface area (Å²) in [6.45, 7) is -0.900. The normalized spacial score (nSPS) is 12.1. The van der Waals surface area contributed by atoms with Gasteiger partial charge < -0.3 is 34.6 Å². The molecular weight excluding hydrogens is 964 g/mol. The molecule has 0 spiro atoms. The number of nitrogen functional groups attached to an aromatic ring is 1. The number of nitrogens with two attached hydrogens (primary N) is 1. The number of hydrogen-bond acceptors (Lipinski definition) is 23. The van der Waals surface area contributed by atoms with Gasteiger partial charge >= 0.3 is 118 Å². The molecule has 0 aliphatic rings. The minimum Gasteiger partial charge on any atom is -0.744 e. The molecule has 60 heavy (non-hydrogen) atoms. The molecule has 298 valence electrons. The van der Waals surface area contributed by atoms with Crippen LogP contribution in [0.1, 0.15) is 0 Å². The van der Waals surface area contributed by atoms with E-state index in [0.29, 0.717) is 6.07 Å². The minimum atomic E-state index is -5.34. The Labute approximate surface area is 435 Å². The first-order valence-corrected chi connectivity index (χ1v) is 22.1. The second-order valence-corrected chi connectivity index (χ2v) is 18.4. The molecule has 0 unspecified atom stereocenters. The van der Waals surface area contributed by atoms with Crippen molar-refractivity contribution in [3.8, 4) is 0 Å². The monoisotopic (exact) mass is 982 g/mol. The first kappa shape index (κ1) is 57.0. The number of benzene rings is 4. The van der Waals surface area contributed by atoms with E-state index in [-0.39, 0.29) is 162 Å². The molecule has 5 rings (SSSR count). The molecule has 5 aromatic rings. The number of anilines is 5. The topological polar surface area (TPSA) is 386 Å². The summed E-state index contributed by atoms with van der Waals surface area (Å²) in [7, 11) is -24.8. The summed E-state index contributed by atoms with van der Waals surface area (Å²) in [6, 6.07) is 11.0. The van der Waals surface area contributed by atoms with E-state index < -0.39 is 94.7 Å². The Hall–Kier alpha value is -1.01. The van der Waals surface area contributed by atoms with Crippen molar-refractivity contribution in [2.75, 3.05) is 28.7 Å². The number of azo groups is 1. The maximum atomic E-state index is 12.4. The summed E-state index contributed by atoms with van der Waals surface area (Å²) in [5, 5.41) is 12.1. The maximum absolute atomic E-state index is 12.4. The number of nitrogens with zero attached hydrogens (tertiary/aromatic N) is 5. The number of hydrogen-bond donors (Lipinski definition) is 3. The standard InChI is InChI=1S/C27H23ClN8O15S5.4Na/c28-25-32-26(30-15-1-4-17(5-2-15)52(37,38)10-9-51-56(48,49)50)34-27(33-25)31-16-3-8-21(54(42,43)44)20(13-16)35-36-24-19-7-6-18(53(39,40)41)11-14(19)12-22(23(24)29)55(45,46)47;;;;/h1-8,11-13H,9-10,29H2,(H,39,40,41)(H,42,43,44)(H,45,46,47)(H,48,49,50)(H2,30,31,32,33,34);;;;/q;4*+1/p-4. The fourth-order valence-corrected chi connectivity index (χ4v) is 8.02. The third-order valence-electron chi connectivity index (χ3n) is 7.04. The van der Waals surface area contributed by atoms with Gasteiger partial charge in [0.1, 0.15) is 41.7 Å². The molecule has 0 amide bonds. The summed E-state index contributed by atoms with van der Waals surface area (Å²) in [6.07, 6.45) is 0. The van der Waals surface area contributed by atoms with Gasteiger partial charge in [0.05, 0.1) is 37.6 Å². The Kier molecular flexibility index (Phi) is 21.1. The third-order valence-corrected chi connectivity index (χ3v) is 12.0. The van der Waals surface area contributed by atoms with Gasteiger partial charge in [-0.05, 0) is 77.7 Å². The predicted molar refractivity (Wildman–Crippen MR) is 188 cm³/mol. The van der Waals surface area contributed by atoms with E-state index in [1.54, 1.807) is 0 Å². The summed E-state index contributed by atoms with van der Waals surface area (Å²) in [5.74, 6) is -1.31. The van der Waals surface area contributed by atoms with E-state index in [9.17, 15) is 60.3 Å². The van der Waals surface area contributed by atoms with Crippen LogP contribution in [0, 0.1) is 0 Å². The first-order valence-electron chi connectivity index (χ1n) is 14.5. The van der Waals surface area contributed by atoms with Crippen molar-refractivity contribution < 1.29 is 183 Å². The zero-order valence-corrected chi connectivity index (χ0v) is 44.0. The molecule has 4 aromatic carbocycles. The van der Waals surface area contributed by atoms with Crippen molar-refractivity contribution in [3.05, 3.63) is 72.0 Å². The van der Waals surface area contributed by atoms with Gasteiger partial charge in [-0.1, -0.05) is 6.07 Å². The number of nitrogens with one attached hydrogen (secondary N) is 2. The zero-order chi connectivity index (χ0) is 41.4. The van der Waals surface area contributed by atoms with Crippen LogP contribution >= 0.6 is 11.6 Å². The van der Waals surface area contributed by atoms with Crippen molar-refractivity contribution in [1.82, 2.24) is 15.0 Å². The van der Waals surface area contributed by atoms with Crippen LogP contribution in [0.3, 0.4) is 0 Å². The van der Waals surface area contributed by atoms with E-state index in [0.717, 1.165) is 48.5 Å². The molecule has 0 atom stereocenters. The van der Waals surface area contributed by atoms with Crippen molar-refractivity contribution in [3.63, 3.8) is 0 Å². The van der Waals surface area contributed by atoms with Gasteiger partial charge in [-0.2, -0.15) is 15.0 Å². The molecule has 23 nitrogen and oxygen atoms in total. The van der Waals surface area contributed by atoms with Gasteiger partial charge in [0.25, 0.3) is 0 Å². The largest absolute Gasteiger partial charge is 1.00 e. The molecule has 0 saturated carbocycles. The van der Waals surface area contributed by atoms with Gasteiger partial charge in [0.2, 0.25) is 27.6 Å². The van der Waals surface area contributed by atoms with Crippen LogP contribution in [0.2, 0.25) is 5.28 Å². The Bertz CT molecular complexity index is 3010. The Balaban J connectivity index is 0.00000450. The molecule has 0 bridgehead atoms. The molecule has 0 fully saturated rings. The average molecular weight is 983 g/mol. The predicted octanol–water partition coefficient (Wildman–Crippen LogP) is -9.86. The quantitative estimate of drug-likeness (QED) is 0.0306. The van der Waals surface area contributed by atoms with Crippen LogP contribution in [0.25, 0.3) is 10.8 Å². The SMILES string of the molecule is Nc1c(S(=O)(=O)[O-])cc2cc(S(=O)(=O)[O-])ccc2c1N=Nc1cc(Nc2nc(Cl)nc(Nc3ccc(S(=O)(=O)CCOS(=O)(=O)[O-])cc3)n2)ccc1S(=O)(=O)[O-].[Na+].[Na+].[Na+].[Na+]. The Morgan fingerprint density at radius 1 is 0.633 bits per heavy atom. The van der Waals surface area contributed by atoms with Gasteiger partial charge in [-0.25, -0.2) is 42.1 Å². The van der Waals surface area contributed by atoms with E-state index in [4.69, 9.17) is 17.3 Å². The van der Waals surface area contributed by atoms with Crippen molar-refractivity contribution in [2.45, 2.75) is 19.6 Å². The third kappa shape index (κ3) is 15.3.